The molecular weight excluding hydrogens is 607 g/mol. The Morgan fingerprint density at radius 1 is 0.955 bits per heavy atom. The van der Waals surface area contributed by atoms with Gasteiger partial charge < -0.3 is 10.5 Å². The normalized spacial score (nSPS) is 12.9. The molecule has 3 aromatic carbocycles. The number of halogens is 5. The van der Waals surface area contributed by atoms with Crippen LogP contribution in [-0.2, 0) is 23.0 Å². The SMILES string of the molecule is CN(C)S(=O)(=O)c1cccc(-c2ccc(-c3cc(C(C)(F)F)nn3C)c(N(N)/C(=C\N)c3ccc(OC(F)(F)F)cc3)c2)c1. The zero-order valence-electron chi connectivity index (χ0n) is 24.0. The number of anilines is 1. The third-order valence-corrected chi connectivity index (χ3v) is 8.42. The van der Waals surface area contributed by atoms with E-state index in [9.17, 15) is 30.4 Å². The van der Waals surface area contributed by atoms with E-state index in [0.717, 1.165) is 27.6 Å². The van der Waals surface area contributed by atoms with Crippen LogP contribution in [0.4, 0.5) is 27.6 Å². The highest BCUT2D eigenvalue weighted by molar-refractivity contribution is 7.89. The molecule has 0 saturated carbocycles. The van der Waals surface area contributed by atoms with E-state index in [1.54, 1.807) is 30.3 Å². The molecule has 0 radical (unpaired) electrons. The molecule has 9 nitrogen and oxygen atoms in total. The maximum absolute atomic E-state index is 14.2. The van der Waals surface area contributed by atoms with E-state index in [1.807, 2.05) is 0 Å². The average Bonchev–Trinajstić information content (AvgIpc) is 3.35. The third-order valence-electron chi connectivity index (χ3n) is 6.61. The van der Waals surface area contributed by atoms with Crippen molar-refractivity contribution in [3.8, 4) is 28.1 Å². The molecule has 0 aliphatic heterocycles. The van der Waals surface area contributed by atoms with Gasteiger partial charge in [0.1, 0.15) is 11.4 Å². The number of ether oxygens (including phenoxy) is 1. The zero-order chi connectivity index (χ0) is 32.6. The second-order valence-corrected chi connectivity index (χ2v) is 12.1. The first kappa shape index (κ1) is 32.4. The van der Waals surface area contributed by atoms with E-state index in [0.29, 0.717) is 29.2 Å². The van der Waals surface area contributed by atoms with Gasteiger partial charge in [-0.3, -0.25) is 9.69 Å². The lowest BCUT2D eigenvalue weighted by atomic mass is 9.99. The van der Waals surface area contributed by atoms with Crippen molar-refractivity contribution >= 4 is 21.4 Å². The van der Waals surface area contributed by atoms with Gasteiger partial charge in [-0.15, -0.1) is 13.2 Å². The van der Waals surface area contributed by atoms with Gasteiger partial charge in [0.25, 0.3) is 5.92 Å². The smallest absolute Gasteiger partial charge is 0.406 e. The fraction of sp³-hybridized carbons (Fsp3) is 0.207. The molecule has 1 aromatic heterocycles. The molecule has 0 aliphatic carbocycles. The number of aromatic nitrogens is 2. The van der Waals surface area contributed by atoms with Crippen molar-refractivity contribution in [2.24, 2.45) is 18.6 Å². The van der Waals surface area contributed by atoms with Crippen LogP contribution in [0.15, 0.2) is 83.9 Å². The van der Waals surface area contributed by atoms with Gasteiger partial charge in [0, 0.05) is 45.4 Å². The minimum absolute atomic E-state index is 0.0420. The molecule has 0 aliphatic rings. The van der Waals surface area contributed by atoms with Gasteiger partial charge in [0.15, 0.2) is 0 Å². The van der Waals surface area contributed by atoms with E-state index in [1.165, 1.54) is 56.2 Å². The number of rotatable bonds is 9. The minimum atomic E-state index is -4.89. The van der Waals surface area contributed by atoms with Crippen LogP contribution in [0.25, 0.3) is 28.1 Å². The van der Waals surface area contributed by atoms with E-state index < -0.39 is 33.8 Å². The molecule has 0 amide bonds. The zero-order valence-corrected chi connectivity index (χ0v) is 24.8. The van der Waals surface area contributed by atoms with Crippen LogP contribution in [0.1, 0.15) is 18.2 Å². The first-order valence-electron chi connectivity index (χ1n) is 12.8. The van der Waals surface area contributed by atoms with Gasteiger partial charge in [0.2, 0.25) is 10.0 Å². The van der Waals surface area contributed by atoms with Crippen molar-refractivity contribution in [1.29, 1.82) is 0 Å². The van der Waals surface area contributed by atoms with Crippen molar-refractivity contribution in [3.05, 3.63) is 90.3 Å². The number of hydrogen-bond donors (Lipinski definition) is 2. The number of hydrazine groups is 1. The van der Waals surface area contributed by atoms with E-state index in [4.69, 9.17) is 11.6 Å². The Balaban J connectivity index is 1.87. The maximum Gasteiger partial charge on any atom is 0.573 e. The molecule has 0 atom stereocenters. The minimum Gasteiger partial charge on any atom is -0.406 e. The summed E-state index contributed by atoms with van der Waals surface area (Å²) >= 11 is 0. The summed E-state index contributed by atoms with van der Waals surface area (Å²) in [5, 5.41) is 5.10. The van der Waals surface area contributed by atoms with Crippen LogP contribution in [0.5, 0.6) is 5.75 Å². The van der Waals surface area contributed by atoms with E-state index in [2.05, 4.69) is 9.84 Å². The average molecular weight is 637 g/mol. The quantitative estimate of drug-likeness (QED) is 0.138. The maximum atomic E-state index is 14.2. The topological polar surface area (TPSA) is 120 Å². The van der Waals surface area contributed by atoms with E-state index in [-0.39, 0.29) is 22.0 Å². The molecular formula is C29H29F5N6O3S. The van der Waals surface area contributed by atoms with Gasteiger partial charge in [-0.1, -0.05) is 24.3 Å². The van der Waals surface area contributed by atoms with E-state index >= 15 is 0 Å². The lowest BCUT2D eigenvalue weighted by Gasteiger charge is -2.25. The number of nitrogens with two attached hydrogens (primary N) is 2. The standard InChI is InChI=1S/C29H29F5N6O3S/c1-28(30,31)27-16-24(39(4)37-27)23-13-10-20(19-6-5-7-22(14-19)44(41,42)38(2)3)15-25(23)40(36)26(17-35)18-8-11-21(12-9-18)43-29(32,33)34/h5-17H,35-36H2,1-4H3/b26-17-. The van der Waals surface area contributed by atoms with Crippen molar-refractivity contribution in [1.82, 2.24) is 14.1 Å². The van der Waals surface area contributed by atoms with Crippen molar-refractivity contribution in [2.45, 2.75) is 24.1 Å². The van der Waals surface area contributed by atoms with Gasteiger partial charge >= 0.3 is 6.36 Å². The lowest BCUT2D eigenvalue weighted by molar-refractivity contribution is -0.274. The van der Waals surface area contributed by atoms with Gasteiger partial charge in [-0.25, -0.2) is 18.6 Å². The van der Waals surface area contributed by atoms with Crippen molar-refractivity contribution in [3.63, 3.8) is 0 Å². The molecule has 44 heavy (non-hydrogen) atoms. The van der Waals surface area contributed by atoms with Crippen LogP contribution >= 0.6 is 0 Å². The fourth-order valence-electron chi connectivity index (χ4n) is 4.38. The third kappa shape index (κ3) is 6.85. The highest BCUT2D eigenvalue weighted by atomic mass is 32.2. The molecule has 0 bridgehead atoms. The fourth-order valence-corrected chi connectivity index (χ4v) is 5.33. The van der Waals surface area contributed by atoms with Crippen LogP contribution in [-0.4, -0.2) is 43.0 Å². The summed E-state index contributed by atoms with van der Waals surface area (Å²) in [7, 11) is 0.540. The van der Waals surface area contributed by atoms with Crippen LogP contribution < -0.4 is 21.3 Å². The highest BCUT2D eigenvalue weighted by Crippen LogP contribution is 2.39. The molecule has 4 N–H and O–H groups in total. The van der Waals surface area contributed by atoms with Crippen molar-refractivity contribution in [2.75, 3.05) is 19.1 Å². The van der Waals surface area contributed by atoms with Gasteiger partial charge in [-0.2, -0.15) is 13.9 Å². The Labute approximate surface area is 250 Å². The molecule has 0 spiro atoms. The summed E-state index contributed by atoms with van der Waals surface area (Å²) in [4.78, 5) is 0.0420. The number of aryl methyl sites for hydroxylation is 1. The summed E-state index contributed by atoms with van der Waals surface area (Å²) in [6.45, 7) is 0.717. The Kier molecular flexibility index (Phi) is 8.77. The first-order chi connectivity index (χ1) is 20.4. The van der Waals surface area contributed by atoms with Crippen LogP contribution in [0.2, 0.25) is 0 Å². The lowest BCUT2D eigenvalue weighted by Crippen LogP contribution is -2.30. The molecule has 0 saturated heterocycles. The molecule has 0 unspecified atom stereocenters. The highest BCUT2D eigenvalue weighted by Gasteiger charge is 2.32. The number of benzene rings is 3. The number of hydrogen-bond acceptors (Lipinski definition) is 7. The predicted molar refractivity (Wildman–Crippen MR) is 156 cm³/mol. The summed E-state index contributed by atoms with van der Waals surface area (Å²) in [6.07, 6.45) is -3.75. The predicted octanol–water partition coefficient (Wildman–Crippen LogP) is 5.65. The first-order valence-corrected chi connectivity index (χ1v) is 14.3. The molecule has 1 heterocycles. The second kappa shape index (κ2) is 11.9. The summed E-state index contributed by atoms with van der Waals surface area (Å²) in [6, 6.07) is 17.1. The molecule has 4 rings (SSSR count). The molecule has 0 fully saturated rings. The number of alkyl halides is 5. The molecule has 234 valence electrons. The molecule has 4 aromatic rings. The monoisotopic (exact) mass is 636 g/mol. The Morgan fingerprint density at radius 2 is 1.59 bits per heavy atom. The Bertz CT molecular complexity index is 1800. The van der Waals surface area contributed by atoms with Gasteiger partial charge in [0.05, 0.1) is 22.0 Å². The van der Waals surface area contributed by atoms with Crippen LogP contribution in [0.3, 0.4) is 0 Å². The largest absolute Gasteiger partial charge is 0.573 e. The summed E-state index contributed by atoms with van der Waals surface area (Å²) in [5.41, 5.74) is 7.79. The van der Waals surface area contributed by atoms with Crippen LogP contribution in [0, 0.1) is 0 Å². The van der Waals surface area contributed by atoms with Crippen molar-refractivity contribution < 1.29 is 35.1 Å². The molecule has 15 heteroatoms. The Morgan fingerprint density at radius 3 is 2.14 bits per heavy atom. The number of nitrogens with zero attached hydrogens (tertiary/aromatic N) is 4. The summed E-state index contributed by atoms with van der Waals surface area (Å²) in [5.74, 6) is 2.89. The Hall–Kier alpha value is -4.47. The summed E-state index contributed by atoms with van der Waals surface area (Å²) < 4.78 is 98.2. The second-order valence-electron chi connectivity index (χ2n) is 9.97. The van der Waals surface area contributed by atoms with Gasteiger partial charge in [-0.05, 0) is 59.7 Å². The number of sulfonamides is 1.